The molecule has 1 rings (SSSR count). The van der Waals surface area contributed by atoms with Gasteiger partial charge in [0, 0.05) is 6.04 Å². The van der Waals surface area contributed by atoms with Crippen LogP contribution in [0.4, 0.5) is 0 Å². The highest BCUT2D eigenvalue weighted by molar-refractivity contribution is 5.85. The Hall–Kier alpha value is -1.04. The third-order valence-electron chi connectivity index (χ3n) is 4.67. The van der Waals surface area contributed by atoms with E-state index in [1.165, 1.54) is 12.8 Å². The van der Waals surface area contributed by atoms with Gasteiger partial charge < -0.3 is 5.32 Å². The van der Waals surface area contributed by atoms with Crippen molar-refractivity contribution in [3.63, 3.8) is 0 Å². The van der Waals surface area contributed by atoms with E-state index in [4.69, 9.17) is 0 Å². The number of carbonyl (C=O) groups excluding carboxylic acids is 1. The van der Waals surface area contributed by atoms with Crippen molar-refractivity contribution in [2.24, 2.45) is 10.8 Å². The predicted octanol–water partition coefficient (Wildman–Crippen LogP) is 3.40. The molecule has 0 aromatic carbocycles. The molecule has 1 aliphatic carbocycles. The molecule has 3 nitrogen and oxygen atoms in total. The molecule has 1 aliphatic rings. The van der Waals surface area contributed by atoms with E-state index in [0.717, 1.165) is 12.8 Å². The maximum atomic E-state index is 12.4. The lowest BCUT2D eigenvalue weighted by atomic mass is 9.72. The minimum Gasteiger partial charge on any atom is -0.351 e. The van der Waals surface area contributed by atoms with Crippen LogP contribution in [0.1, 0.15) is 66.2 Å². The molecule has 0 heterocycles. The number of hydrogen-bond acceptors (Lipinski definition) is 2. The molecule has 3 heteroatoms. The highest BCUT2D eigenvalue weighted by Crippen LogP contribution is 2.36. The van der Waals surface area contributed by atoms with Crippen molar-refractivity contribution < 1.29 is 4.79 Å². The van der Waals surface area contributed by atoms with E-state index in [1.54, 1.807) is 0 Å². The maximum absolute atomic E-state index is 12.4. The average molecular weight is 250 g/mol. The molecule has 102 valence electrons. The third kappa shape index (κ3) is 2.85. The van der Waals surface area contributed by atoms with Gasteiger partial charge in [0.2, 0.25) is 5.91 Å². The highest BCUT2D eigenvalue weighted by Gasteiger charge is 2.40. The van der Waals surface area contributed by atoms with Gasteiger partial charge >= 0.3 is 0 Å². The van der Waals surface area contributed by atoms with E-state index in [1.807, 2.05) is 13.8 Å². The van der Waals surface area contributed by atoms with Gasteiger partial charge in [-0.3, -0.25) is 4.79 Å². The maximum Gasteiger partial charge on any atom is 0.240 e. The van der Waals surface area contributed by atoms with Crippen LogP contribution in [0.25, 0.3) is 0 Å². The van der Waals surface area contributed by atoms with Crippen molar-refractivity contribution in [2.75, 3.05) is 0 Å². The fraction of sp³-hybridized carbons (Fsp3) is 0.867. The molecule has 1 atom stereocenters. The Labute approximate surface area is 111 Å². The number of amides is 1. The molecule has 18 heavy (non-hydrogen) atoms. The monoisotopic (exact) mass is 250 g/mol. The van der Waals surface area contributed by atoms with Crippen molar-refractivity contribution in [3.8, 4) is 6.07 Å². The SMILES string of the molecule is CCC(C#N)(CC)C(=O)NC1CCCCC1(C)C. The normalized spacial score (nSPS) is 23.2. The summed E-state index contributed by atoms with van der Waals surface area (Å²) in [6, 6.07) is 2.43. The summed E-state index contributed by atoms with van der Waals surface area (Å²) < 4.78 is 0. The second-order valence-corrected chi connectivity index (χ2v) is 6.16. The van der Waals surface area contributed by atoms with Crippen LogP contribution in [0.5, 0.6) is 0 Å². The quantitative estimate of drug-likeness (QED) is 0.831. The molecule has 1 saturated carbocycles. The topological polar surface area (TPSA) is 52.9 Å². The summed E-state index contributed by atoms with van der Waals surface area (Å²) in [4.78, 5) is 12.4. The number of nitrogens with zero attached hydrogens (tertiary/aromatic N) is 1. The van der Waals surface area contributed by atoms with Crippen molar-refractivity contribution in [2.45, 2.75) is 72.3 Å². The second kappa shape index (κ2) is 5.73. The fourth-order valence-corrected chi connectivity index (χ4v) is 2.84. The molecule has 1 unspecified atom stereocenters. The molecule has 0 saturated heterocycles. The van der Waals surface area contributed by atoms with Gasteiger partial charge in [0.05, 0.1) is 6.07 Å². The summed E-state index contributed by atoms with van der Waals surface area (Å²) in [5.74, 6) is -0.0741. The zero-order valence-corrected chi connectivity index (χ0v) is 12.2. The van der Waals surface area contributed by atoms with Gasteiger partial charge in [0.1, 0.15) is 5.41 Å². The first-order chi connectivity index (χ1) is 8.41. The molecule has 1 N–H and O–H groups in total. The van der Waals surface area contributed by atoms with Gasteiger partial charge in [-0.2, -0.15) is 5.26 Å². The third-order valence-corrected chi connectivity index (χ3v) is 4.67. The molecule has 0 spiro atoms. The zero-order chi connectivity index (χ0) is 13.8. The standard InChI is InChI=1S/C15H26N2O/c1-5-15(6-2,11-16)13(18)17-12-9-7-8-10-14(12,3)4/h12H,5-10H2,1-4H3,(H,17,18). The van der Waals surface area contributed by atoms with Gasteiger partial charge in [0.25, 0.3) is 0 Å². The van der Waals surface area contributed by atoms with Crippen LogP contribution in [-0.4, -0.2) is 11.9 Å². The van der Waals surface area contributed by atoms with Gasteiger partial charge in [-0.15, -0.1) is 0 Å². The first-order valence-corrected chi connectivity index (χ1v) is 7.14. The largest absolute Gasteiger partial charge is 0.351 e. The van der Waals surface area contributed by atoms with Gasteiger partial charge in [-0.25, -0.2) is 0 Å². The lowest BCUT2D eigenvalue weighted by Crippen LogP contribution is -2.51. The van der Waals surface area contributed by atoms with Crippen molar-refractivity contribution in [1.29, 1.82) is 5.26 Å². The Balaban J connectivity index is 2.78. The highest BCUT2D eigenvalue weighted by atomic mass is 16.2. The van der Waals surface area contributed by atoms with E-state index in [9.17, 15) is 10.1 Å². The van der Waals surface area contributed by atoms with Crippen LogP contribution in [0, 0.1) is 22.2 Å². The molecule has 0 bridgehead atoms. The number of carbonyl (C=O) groups is 1. The first-order valence-electron chi connectivity index (χ1n) is 7.14. The zero-order valence-electron chi connectivity index (χ0n) is 12.2. The van der Waals surface area contributed by atoms with Crippen molar-refractivity contribution >= 4 is 5.91 Å². The van der Waals surface area contributed by atoms with Crippen LogP contribution in [0.15, 0.2) is 0 Å². The Morgan fingerprint density at radius 3 is 2.44 bits per heavy atom. The summed E-state index contributed by atoms with van der Waals surface area (Å²) in [7, 11) is 0. The van der Waals surface area contributed by atoms with Crippen LogP contribution in [0.2, 0.25) is 0 Å². The Morgan fingerprint density at radius 2 is 2.00 bits per heavy atom. The first kappa shape index (κ1) is 15.0. The van der Waals surface area contributed by atoms with Gasteiger partial charge in [-0.1, -0.05) is 40.5 Å². The molecule has 0 aromatic rings. The smallest absolute Gasteiger partial charge is 0.240 e. The molecule has 0 aromatic heterocycles. The molecule has 1 fully saturated rings. The predicted molar refractivity (Wildman–Crippen MR) is 72.8 cm³/mol. The van der Waals surface area contributed by atoms with E-state index in [0.29, 0.717) is 12.8 Å². The van der Waals surface area contributed by atoms with Crippen molar-refractivity contribution in [1.82, 2.24) is 5.32 Å². The Morgan fingerprint density at radius 1 is 1.39 bits per heavy atom. The van der Waals surface area contributed by atoms with E-state index in [-0.39, 0.29) is 17.4 Å². The number of rotatable bonds is 4. The summed E-state index contributed by atoms with van der Waals surface area (Å²) >= 11 is 0. The van der Waals surface area contributed by atoms with E-state index < -0.39 is 5.41 Å². The Kier molecular flexibility index (Phi) is 4.78. The summed E-state index contributed by atoms with van der Waals surface area (Å²) in [6.07, 6.45) is 5.76. The number of nitriles is 1. The molecular formula is C15H26N2O. The average Bonchev–Trinajstić information content (AvgIpc) is 2.35. The lowest BCUT2D eigenvalue weighted by molar-refractivity contribution is -0.130. The van der Waals surface area contributed by atoms with Crippen LogP contribution in [0.3, 0.4) is 0 Å². The number of nitrogens with one attached hydrogen (secondary N) is 1. The molecule has 0 radical (unpaired) electrons. The fourth-order valence-electron chi connectivity index (χ4n) is 2.84. The van der Waals surface area contributed by atoms with E-state index in [2.05, 4.69) is 25.2 Å². The molecular weight excluding hydrogens is 224 g/mol. The second-order valence-electron chi connectivity index (χ2n) is 6.16. The van der Waals surface area contributed by atoms with Crippen LogP contribution >= 0.6 is 0 Å². The molecule has 0 aliphatic heterocycles. The van der Waals surface area contributed by atoms with Crippen LogP contribution < -0.4 is 5.32 Å². The molecule has 1 amide bonds. The Bertz CT molecular complexity index is 337. The lowest BCUT2D eigenvalue weighted by Gasteiger charge is -2.40. The minimum atomic E-state index is -0.840. The van der Waals surface area contributed by atoms with Gasteiger partial charge in [-0.05, 0) is 31.1 Å². The summed E-state index contributed by atoms with van der Waals surface area (Å²) in [6.45, 7) is 8.25. The number of hydrogen-bond donors (Lipinski definition) is 1. The minimum absolute atomic E-state index is 0.0741. The van der Waals surface area contributed by atoms with Gasteiger partial charge in [0.15, 0.2) is 0 Å². The van der Waals surface area contributed by atoms with Crippen molar-refractivity contribution in [3.05, 3.63) is 0 Å². The summed E-state index contributed by atoms with van der Waals surface area (Å²) in [5.41, 5.74) is -0.690. The van der Waals surface area contributed by atoms with E-state index >= 15 is 0 Å². The van der Waals surface area contributed by atoms with Crippen LogP contribution in [-0.2, 0) is 4.79 Å². The summed E-state index contributed by atoms with van der Waals surface area (Å²) in [5, 5.41) is 12.4.